The van der Waals surface area contributed by atoms with Crippen molar-refractivity contribution < 1.29 is 80.2 Å². The lowest BCUT2D eigenvalue weighted by Gasteiger charge is -2.21. The number of unbranched alkanes of at least 4 members (excludes halogenated alkanes) is 46. The first-order valence-corrected chi connectivity index (χ1v) is 44.9. The van der Waals surface area contributed by atoms with Crippen molar-refractivity contribution in [2.75, 3.05) is 39.6 Å². The van der Waals surface area contributed by atoms with Crippen molar-refractivity contribution >= 4 is 39.5 Å². The van der Waals surface area contributed by atoms with Crippen molar-refractivity contribution in [2.45, 2.75) is 418 Å². The van der Waals surface area contributed by atoms with Crippen molar-refractivity contribution in [1.82, 2.24) is 0 Å². The van der Waals surface area contributed by atoms with E-state index in [1.165, 1.54) is 173 Å². The van der Waals surface area contributed by atoms with Crippen molar-refractivity contribution in [3.05, 3.63) is 48.6 Å². The molecular formula is C83H154O17P2. The topological polar surface area (TPSA) is 237 Å². The summed E-state index contributed by atoms with van der Waals surface area (Å²) in [6.45, 7) is 4.91. The zero-order valence-corrected chi connectivity index (χ0v) is 67.3. The number of phosphoric ester groups is 2. The lowest BCUT2D eigenvalue weighted by Crippen LogP contribution is -2.30. The quantitative estimate of drug-likeness (QED) is 0.0169. The lowest BCUT2D eigenvalue weighted by atomic mass is 10.0. The maximum absolute atomic E-state index is 13.1. The van der Waals surface area contributed by atoms with E-state index in [1.54, 1.807) is 0 Å². The minimum absolute atomic E-state index is 0.0888. The molecule has 0 rings (SSSR count). The molecule has 102 heavy (non-hydrogen) atoms. The minimum atomic E-state index is -4.97. The van der Waals surface area contributed by atoms with Gasteiger partial charge in [0.15, 0.2) is 12.2 Å². The maximum atomic E-state index is 13.1. The predicted molar refractivity (Wildman–Crippen MR) is 418 cm³/mol. The van der Waals surface area contributed by atoms with E-state index in [1.807, 2.05) is 0 Å². The van der Waals surface area contributed by atoms with Crippen molar-refractivity contribution in [3.63, 3.8) is 0 Å². The number of carbonyl (C=O) groups is 4. The van der Waals surface area contributed by atoms with E-state index in [2.05, 4.69) is 76.3 Å². The second kappa shape index (κ2) is 76.2. The third-order valence-corrected chi connectivity index (χ3v) is 20.2. The van der Waals surface area contributed by atoms with Crippen LogP contribution in [0.15, 0.2) is 48.6 Å². The third-order valence-electron chi connectivity index (χ3n) is 18.3. The van der Waals surface area contributed by atoms with Crippen molar-refractivity contribution in [3.8, 4) is 0 Å². The average Bonchev–Trinajstić information content (AvgIpc) is 1.12. The van der Waals surface area contributed by atoms with E-state index in [0.717, 1.165) is 148 Å². The van der Waals surface area contributed by atoms with E-state index in [9.17, 15) is 43.2 Å². The van der Waals surface area contributed by atoms with Crippen LogP contribution in [0.1, 0.15) is 400 Å². The highest BCUT2D eigenvalue weighted by Crippen LogP contribution is 2.45. The molecule has 0 saturated carbocycles. The molecule has 598 valence electrons. The summed E-state index contributed by atoms with van der Waals surface area (Å²) in [5.74, 6) is -2.17. The maximum Gasteiger partial charge on any atom is 0.472 e. The zero-order chi connectivity index (χ0) is 74.6. The van der Waals surface area contributed by atoms with Gasteiger partial charge in [-0.3, -0.25) is 37.3 Å². The molecule has 0 heterocycles. The first-order chi connectivity index (χ1) is 49.7. The highest BCUT2D eigenvalue weighted by molar-refractivity contribution is 7.47. The molecule has 0 amide bonds. The van der Waals surface area contributed by atoms with Crippen LogP contribution in [-0.2, 0) is 65.4 Å². The summed E-state index contributed by atoms with van der Waals surface area (Å²) in [6, 6.07) is 0. The molecule has 17 nitrogen and oxygen atoms in total. The van der Waals surface area contributed by atoms with E-state index < -0.39 is 97.5 Å². The predicted octanol–water partition coefficient (Wildman–Crippen LogP) is 24.5. The smallest absolute Gasteiger partial charge is 0.462 e. The first kappa shape index (κ1) is 99.0. The Morgan fingerprint density at radius 3 is 0.755 bits per heavy atom. The molecule has 0 aromatic rings. The minimum Gasteiger partial charge on any atom is -0.462 e. The van der Waals surface area contributed by atoms with E-state index in [-0.39, 0.29) is 25.7 Å². The summed E-state index contributed by atoms with van der Waals surface area (Å²) in [4.78, 5) is 73.1. The Hall–Kier alpha value is -2.98. The van der Waals surface area contributed by atoms with Crippen LogP contribution in [0.3, 0.4) is 0 Å². The van der Waals surface area contributed by atoms with Gasteiger partial charge in [0.1, 0.15) is 19.3 Å². The fraction of sp³-hybridized carbons (Fsp3) is 0.855. The molecule has 0 aromatic heterocycles. The van der Waals surface area contributed by atoms with Crippen molar-refractivity contribution in [1.29, 1.82) is 0 Å². The fourth-order valence-electron chi connectivity index (χ4n) is 11.8. The Kier molecular flexibility index (Phi) is 74.0. The van der Waals surface area contributed by atoms with Gasteiger partial charge in [0.05, 0.1) is 26.4 Å². The van der Waals surface area contributed by atoms with E-state index >= 15 is 0 Å². The summed E-state index contributed by atoms with van der Waals surface area (Å²) in [6.07, 6.45) is 75.0. The number of esters is 4. The number of phosphoric acid groups is 2. The Bertz CT molecular complexity index is 2120. The van der Waals surface area contributed by atoms with Gasteiger partial charge >= 0.3 is 39.5 Å². The monoisotopic (exact) mass is 1490 g/mol. The molecule has 3 N–H and O–H groups in total. The van der Waals surface area contributed by atoms with E-state index in [0.29, 0.717) is 25.7 Å². The second-order valence-electron chi connectivity index (χ2n) is 28.4. The number of aliphatic hydroxyl groups excluding tert-OH is 1. The second-order valence-corrected chi connectivity index (χ2v) is 31.3. The number of aliphatic hydroxyl groups is 1. The summed E-state index contributed by atoms with van der Waals surface area (Å²) in [5.41, 5.74) is 0. The number of rotatable bonds is 80. The summed E-state index contributed by atoms with van der Waals surface area (Å²) in [5, 5.41) is 10.7. The molecule has 0 spiro atoms. The van der Waals surface area contributed by atoms with Crippen LogP contribution in [0.5, 0.6) is 0 Å². The molecule has 0 saturated heterocycles. The van der Waals surface area contributed by atoms with Crippen LogP contribution >= 0.6 is 15.6 Å². The zero-order valence-electron chi connectivity index (χ0n) is 65.6. The Balaban J connectivity index is 5.34. The molecule has 19 heteroatoms. The summed E-state index contributed by atoms with van der Waals surface area (Å²) >= 11 is 0. The summed E-state index contributed by atoms with van der Waals surface area (Å²) in [7, 11) is -9.95. The number of hydrogen-bond donors (Lipinski definition) is 3. The van der Waals surface area contributed by atoms with Crippen LogP contribution in [0.2, 0.25) is 0 Å². The Morgan fingerprint density at radius 2 is 0.480 bits per heavy atom. The van der Waals surface area contributed by atoms with Gasteiger partial charge in [-0.05, 0) is 109 Å². The van der Waals surface area contributed by atoms with Crippen LogP contribution in [-0.4, -0.2) is 96.7 Å². The number of carbonyl (C=O) groups excluding carboxylic acids is 4. The molecule has 5 atom stereocenters. The molecule has 0 aliphatic rings. The van der Waals surface area contributed by atoms with Crippen LogP contribution in [0.4, 0.5) is 0 Å². The summed E-state index contributed by atoms with van der Waals surface area (Å²) < 4.78 is 68.7. The Labute approximate surface area is 623 Å². The largest absolute Gasteiger partial charge is 0.472 e. The van der Waals surface area contributed by atoms with Gasteiger partial charge in [-0.25, -0.2) is 9.13 Å². The van der Waals surface area contributed by atoms with Gasteiger partial charge in [0.2, 0.25) is 0 Å². The molecule has 0 radical (unpaired) electrons. The standard InChI is InChI=1S/C83H154O17P2/c1-5-9-13-17-21-25-29-33-37-38-42-46-50-54-58-62-66-70-83(88)100-79(74-94-81(86)68-64-60-56-52-48-44-40-35-31-27-23-19-15-11-7-3)76-98-102(91,92)96-72-77(84)71-95-101(89,90)97-75-78(99-82(87)69-65-61-57-53-49-45-41-36-32-28-24-20-16-12-8-4)73-93-80(85)67-63-59-55-51-47-43-39-34-30-26-22-18-14-10-6-2/h23,27,34-36,39-41,77-79,84H,5-22,24-26,28-33,37-38,42-76H2,1-4H3,(H,89,90)(H,91,92)/b27-23-,39-34-,40-35-,41-36-/t77-,78-,79-/m1/s1. The number of hydrogen-bond acceptors (Lipinski definition) is 15. The van der Waals surface area contributed by atoms with Gasteiger partial charge in [-0.15, -0.1) is 0 Å². The molecule has 0 fully saturated rings. The molecule has 0 aromatic carbocycles. The van der Waals surface area contributed by atoms with Gasteiger partial charge in [-0.2, -0.15) is 0 Å². The number of allylic oxidation sites excluding steroid dienone is 8. The van der Waals surface area contributed by atoms with Gasteiger partial charge in [0, 0.05) is 25.7 Å². The molecule has 0 bridgehead atoms. The Morgan fingerprint density at radius 1 is 0.275 bits per heavy atom. The molecule has 0 aliphatic heterocycles. The lowest BCUT2D eigenvalue weighted by molar-refractivity contribution is -0.161. The van der Waals surface area contributed by atoms with Crippen LogP contribution in [0.25, 0.3) is 0 Å². The van der Waals surface area contributed by atoms with Crippen LogP contribution < -0.4 is 0 Å². The van der Waals surface area contributed by atoms with Gasteiger partial charge in [0.25, 0.3) is 0 Å². The highest BCUT2D eigenvalue weighted by Gasteiger charge is 2.30. The normalized spacial score (nSPS) is 14.1. The van der Waals surface area contributed by atoms with Gasteiger partial charge < -0.3 is 33.8 Å². The average molecular weight is 1490 g/mol. The fourth-order valence-corrected chi connectivity index (χ4v) is 13.4. The SMILES string of the molecule is CCCCC/C=C\C/C=C\CCCCCCCC(=O)OC[C@H](COP(=O)(O)OC[C@H](O)COP(=O)(O)OC[C@@H](COC(=O)CCCCCCC/C=C\CCCCCCCC)OC(=O)CCCCCCC/C=C\CCCCCCCC)OC(=O)CCCCCCCCCCCCCCCCCCC. The van der Waals surface area contributed by atoms with E-state index in [4.69, 9.17) is 37.0 Å². The number of ether oxygens (including phenoxy) is 4. The molecular weight excluding hydrogens is 1330 g/mol. The molecule has 0 aliphatic carbocycles. The molecule has 2 unspecified atom stereocenters. The van der Waals surface area contributed by atoms with Gasteiger partial charge in [-0.1, -0.05) is 314 Å². The van der Waals surface area contributed by atoms with Crippen molar-refractivity contribution in [2.24, 2.45) is 0 Å². The highest BCUT2D eigenvalue weighted by atomic mass is 31.2. The third kappa shape index (κ3) is 75.3. The first-order valence-electron chi connectivity index (χ1n) is 41.9. The van der Waals surface area contributed by atoms with Crippen LogP contribution in [0, 0.1) is 0 Å².